The zero-order valence-electron chi connectivity index (χ0n) is 11.8. The highest BCUT2D eigenvalue weighted by Gasteiger charge is 2.12. The fourth-order valence-corrected chi connectivity index (χ4v) is 2.62. The number of hydrogen-bond acceptors (Lipinski definition) is 1. The molecular formula is C16H16BrFN2O. The Balaban J connectivity index is 2.01. The largest absolute Gasteiger partial charge is 0.331 e. The molecule has 0 aliphatic carbocycles. The molecule has 0 spiro atoms. The molecule has 0 radical (unpaired) electrons. The van der Waals surface area contributed by atoms with Gasteiger partial charge in [-0.3, -0.25) is 0 Å². The lowest BCUT2D eigenvalue weighted by atomic mass is 10.1. The van der Waals surface area contributed by atoms with E-state index in [1.54, 1.807) is 13.0 Å². The summed E-state index contributed by atoms with van der Waals surface area (Å²) in [6.07, 6.45) is 0. The van der Waals surface area contributed by atoms with Crippen molar-refractivity contribution < 1.29 is 9.18 Å². The Bertz CT molecular complexity index is 660. The quantitative estimate of drug-likeness (QED) is 0.821. The van der Waals surface area contributed by atoms with Crippen molar-refractivity contribution in [2.24, 2.45) is 0 Å². The highest BCUT2D eigenvalue weighted by molar-refractivity contribution is 9.10. The second-order valence-corrected chi connectivity index (χ2v) is 5.66. The molecule has 0 aromatic heterocycles. The summed E-state index contributed by atoms with van der Waals surface area (Å²) in [7, 11) is 0. The molecule has 0 aliphatic rings. The van der Waals surface area contributed by atoms with Crippen LogP contribution in [0.5, 0.6) is 0 Å². The Labute approximate surface area is 131 Å². The monoisotopic (exact) mass is 350 g/mol. The van der Waals surface area contributed by atoms with Gasteiger partial charge in [0, 0.05) is 10.2 Å². The molecule has 2 N–H and O–H groups in total. The summed E-state index contributed by atoms with van der Waals surface area (Å²) in [6.45, 7) is 3.55. The van der Waals surface area contributed by atoms with E-state index in [9.17, 15) is 9.18 Å². The van der Waals surface area contributed by atoms with E-state index in [1.807, 2.05) is 31.2 Å². The van der Waals surface area contributed by atoms with Crippen molar-refractivity contribution in [2.75, 3.05) is 5.32 Å². The molecule has 0 heterocycles. The van der Waals surface area contributed by atoms with Crippen LogP contribution >= 0.6 is 15.9 Å². The van der Waals surface area contributed by atoms with E-state index in [-0.39, 0.29) is 17.9 Å². The molecule has 2 amide bonds. The van der Waals surface area contributed by atoms with Gasteiger partial charge in [0.05, 0.1) is 6.04 Å². The third-order valence-corrected chi connectivity index (χ3v) is 3.86. The Morgan fingerprint density at radius 3 is 2.62 bits per heavy atom. The molecule has 110 valence electrons. The molecule has 1 unspecified atom stereocenters. The van der Waals surface area contributed by atoms with Crippen LogP contribution < -0.4 is 10.6 Å². The fourth-order valence-electron chi connectivity index (χ4n) is 1.99. The summed E-state index contributed by atoms with van der Waals surface area (Å²) in [6, 6.07) is 11.7. The summed E-state index contributed by atoms with van der Waals surface area (Å²) < 4.78 is 14.1. The zero-order valence-corrected chi connectivity index (χ0v) is 13.4. The minimum absolute atomic E-state index is 0.151. The smallest absolute Gasteiger partial charge is 0.319 e. The molecule has 21 heavy (non-hydrogen) atoms. The Morgan fingerprint density at radius 1 is 1.24 bits per heavy atom. The molecule has 2 rings (SSSR count). The van der Waals surface area contributed by atoms with Crippen molar-refractivity contribution >= 4 is 27.6 Å². The number of urea groups is 1. The van der Waals surface area contributed by atoms with Crippen LogP contribution in [-0.2, 0) is 0 Å². The molecule has 0 saturated heterocycles. The van der Waals surface area contributed by atoms with Gasteiger partial charge in [0.2, 0.25) is 0 Å². The molecule has 2 aromatic rings. The third kappa shape index (κ3) is 4.04. The van der Waals surface area contributed by atoms with Crippen LogP contribution in [0.25, 0.3) is 0 Å². The van der Waals surface area contributed by atoms with E-state index in [2.05, 4.69) is 26.6 Å². The average molecular weight is 351 g/mol. The van der Waals surface area contributed by atoms with Gasteiger partial charge in [-0.15, -0.1) is 0 Å². The molecule has 0 bridgehead atoms. The van der Waals surface area contributed by atoms with Gasteiger partial charge in [-0.2, -0.15) is 0 Å². The van der Waals surface area contributed by atoms with Gasteiger partial charge < -0.3 is 10.6 Å². The van der Waals surface area contributed by atoms with Gasteiger partial charge >= 0.3 is 6.03 Å². The Kier molecular flexibility index (Phi) is 4.96. The number of anilines is 1. The van der Waals surface area contributed by atoms with Crippen molar-refractivity contribution in [3.05, 3.63) is 63.9 Å². The number of amides is 2. The van der Waals surface area contributed by atoms with Crippen LogP contribution in [0.2, 0.25) is 0 Å². The van der Waals surface area contributed by atoms with E-state index in [0.29, 0.717) is 11.3 Å². The summed E-state index contributed by atoms with van der Waals surface area (Å²) in [5.74, 6) is -0.289. The van der Waals surface area contributed by atoms with Crippen LogP contribution in [0.3, 0.4) is 0 Å². The molecule has 3 nitrogen and oxygen atoms in total. The van der Waals surface area contributed by atoms with E-state index in [1.165, 1.54) is 12.1 Å². The van der Waals surface area contributed by atoms with E-state index < -0.39 is 0 Å². The van der Waals surface area contributed by atoms with E-state index in [0.717, 1.165) is 10.0 Å². The van der Waals surface area contributed by atoms with Crippen molar-refractivity contribution in [3.63, 3.8) is 0 Å². The number of carbonyl (C=O) groups is 1. The first-order valence-corrected chi connectivity index (χ1v) is 7.35. The number of rotatable bonds is 3. The summed E-state index contributed by atoms with van der Waals surface area (Å²) in [5.41, 5.74) is 2.04. The predicted molar refractivity (Wildman–Crippen MR) is 85.8 cm³/mol. The fraction of sp³-hybridized carbons (Fsp3) is 0.188. The Morgan fingerprint density at radius 2 is 1.95 bits per heavy atom. The normalized spacial score (nSPS) is 11.8. The lowest BCUT2D eigenvalue weighted by Gasteiger charge is -2.16. The average Bonchev–Trinajstić information content (AvgIpc) is 2.43. The molecule has 0 fully saturated rings. The third-order valence-electron chi connectivity index (χ3n) is 3.14. The molecule has 0 aliphatic heterocycles. The van der Waals surface area contributed by atoms with Crippen LogP contribution in [-0.4, -0.2) is 6.03 Å². The number of hydrogen-bond donors (Lipinski definition) is 2. The highest BCUT2D eigenvalue weighted by atomic mass is 79.9. The number of carbonyl (C=O) groups excluding carboxylic acids is 1. The number of nitrogens with one attached hydrogen (secondary N) is 2. The van der Waals surface area contributed by atoms with Crippen LogP contribution in [0.4, 0.5) is 14.9 Å². The van der Waals surface area contributed by atoms with Gasteiger partial charge in [-0.25, -0.2) is 9.18 Å². The standard InChI is InChI=1S/C16H16BrFN2O/c1-10-9-12(7-8-15(10)18)20-16(21)19-11(2)13-5-3-4-6-14(13)17/h3-9,11H,1-2H3,(H2,19,20,21). The lowest BCUT2D eigenvalue weighted by Crippen LogP contribution is -2.31. The molecule has 2 aromatic carbocycles. The van der Waals surface area contributed by atoms with Crippen molar-refractivity contribution in [1.29, 1.82) is 0 Å². The summed E-state index contributed by atoms with van der Waals surface area (Å²) in [4.78, 5) is 12.0. The maximum absolute atomic E-state index is 13.2. The van der Waals surface area contributed by atoms with Gasteiger partial charge in [0.15, 0.2) is 0 Å². The maximum atomic E-state index is 13.2. The van der Waals surface area contributed by atoms with Crippen LogP contribution in [0.1, 0.15) is 24.1 Å². The number of aryl methyl sites for hydroxylation is 1. The van der Waals surface area contributed by atoms with E-state index >= 15 is 0 Å². The minimum Gasteiger partial charge on any atom is -0.331 e. The van der Waals surface area contributed by atoms with Crippen LogP contribution in [0.15, 0.2) is 46.9 Å². The van der Waals surface area contributed by atoms with Crippen molar-refractivity contribution in [2.45, 2.75) is 19.9 Å². The first-order chi connectivity index (χ1) is 9.97. The molecular weight excluding hydrogens is 335 g/mol. The van der Waals surface area contributed by atoms with Gasteiger partial charge in [-0.1, -0.05) is 34.1 Å². The van der Waals surface area contributed by atoms with Gasteiger partial charge in [0.25, 0.3) is 0 Å². The van der Waals surface area contributed by atoms with Crippen molar-refractivity contribution in [1.82, 2.24) is 5.32 Å². The number of benzene rings is 2. The second-order valence-electron chi connectivity index (χ2n) is 4.81. The highest BCUT2D eigenvalue weighted by Crippen LogP contribution is 2.22. The SMILES string of the molecule is Cc1cc(NC(=O)NC(C)c2ccccc2Br)ccc1F. The zero-order chi connectivity index (χ0) is 15.4. The topological polar surface area (TPSA) is 41.1 Å². The lowest BCUT2D eigenvalue weighted by molar-refractivity contribution is 0.249. The Hall–Kier alpha value is -1.88. The first-order valence-electron chi connectivity index (χ1n) is 6.55. The molecule has 0 saturated carbocycles. The van der Waals surface area contributed by atoms with E-state index in [4.69, 9.17) is 0 Å². The minimum atomic E-state index is -0.329. The maximum Gasteiger partial charge on any atom is 0.319 e. The van der Waals surface area contributed by atoms with Crippen LogP contribution in [0, 0.1) is 12.7 Å². The van der Waals surface area contributed by atoms with Crippen molar-refractivity contribution in [3.8, 4) is 0 Å². The second kappa shape index (κ2) is 6.72. The first kappa shape index (κ1) is 15.5. The number of halogens is 2. The summed E-state index contributed by atoms with van der Waals surface area (Å²) in [5, 5.41) is 5.54. The predicted octanol–water partition coefficient (Wildman–Crippen LogP) is 4.78. The van der Waals surface area contributed by atoms with Gasteiger partial charge in [0.1, 0.15) is 5.82 Å². The molecule has 5 heteroatoms. The molecule has 1 atom stereocenters. The summed E-state index contributed by atoms with van der Waals surface area (Å²) >= 11 is 3.46. The van der Waals surface area contributed by atoms with Gasteiger partial charge in [-0.05, 0) is 49.2 Å².